The molecule has 0 spiro atoms. The molecule has 0 saturated heterocycles. The Morgan fingerprint density at radius 3 is 1.81 bits per heavy atom. The maximum atomic E-state index is 10.4. The van der Waals surface area contributed by atoms with Crippen molar-refractivity contribution in [1.29, 1.82) is 0 Å². The molecule has 1 aliphatic carbocycles. The van der Waals surface area contributed by atoms with E-state index in [1.807, 2.05) is 0 Å². The van der Waals surface area contributed by atoms with E-state index in [4.69, 9.17) is 11.5 Å². The minimum Gasteiger partial charge on any atom is -0.350 e. The van der Waals surface area contributed by atoms with Crippen LogP contribution in [-0.4, -0.2) is 23.5 Å². The Bertz CT molecular complexity index is 316. The molecule has 0 atom stereocenters. The van der Waals surface area contributed by atoms with Gasteiger partial charge in [-0.2, -0.15) is 10.2 Å². The van der Waals surface area contributed by atoms with Crippen LogP contribution < -0.4 is 22.3 Å². The van der Waals surface area contributed by atoms with Crippen molar-refractivity contribution in [2.45, 2.75) is 25.7 Å². The predicted molar refractivity (Wildman–Crippen MR) is 58.8 cm³/mol. The number of rotatable bonds is 2. The van der Waals surface area contributed by atoms with Gasteiger partial charge in [0.05, 0.1) is 0 Å². The van der Waals surface area contributed by atoms with Crippen LogP contribution in [0.15, 0.2) is 10.2 Å². The van der Waals surface area contributed by atoms with Crippen molar-refractivity contribution in [3.63, 3.8) is 0 Å². The van der Waals surface area contributed by atoms with E-state index in [2.05, 4.69) is 21.1 Å². The van der Waals surface area contributed by atoms with E-state index in [-0.39, 0.29) is 0 Å². The molecule has 0 aromatic heterocycles. The molecule has 0 unspecified atom stereocenters. The Balaban J connectivity index is 2.52. The van der Waals surface area contributed by atoms with E-state index in [1.54, 1.807) is 0 Å². The van der Waals surface area contributed by atoms with E-state index < -0.39 is 12.1 Å². The Hall–Kier alpha value is -2.12. The van der Waals surface area contributed by atoms with Gasteiger partial charge >= 0.3 is 12.1 Å². The summed E-state index contributed by atoms with van der Waals surface area (Å²) in [5, 5.41) is 7.65. The second kappa shape index (κ2) is 5.69. The fourth-order valence-corrected chi connectivity index (χ4v) is 1.37. The van der Waals surface area contributed by atoms with E-state index in [0.717, 1.165) is 30.7 Å². The van der Waals surface area contributed by atoms with Crippen LogP contribution in [0.25, 0.3) is 0 Å². The number of carbonyl (C=O) groups excluding carboxylic acids is 2. The molecular formula is C8H14N6O2. The largest absolute Gasteiger partial charge is 0.350 e. The maximum Gasteiger partial charge on any atom is 0.332 e. The third-order valence-electron chi connectivity index (χ3n) is 1.99. The maximum absolute atomic E-state index is 10.4. The quantitative estimate of drug-likeness (QED) is 0.477. The molecular weight excluding hydrogens is 212 g/mol. The highest BCUT2D eigenvalue weighted by Gasteiger charge is 2.13. The van der Waals surface area contributed by atoms with Gasteiger partial charge in [0.2, 0.25) is 0 Å². The number of hydrogen-bond acceptors (Lipinski definition) is 4. The summed E-state index contributed by atoms with van der Waals surface area (Å²) in [7, 11) is 0. The lowest BCUT2D eigenvalue weighted by molar-refractivity contribution is 0.248. The zero-order chi connectivity index (χ0) is 12.0. The number of urea groups is 2. The molecule has 6 N–H and O–H groups in total. The van der Waals surface area contributed by atoms with E-state index in [1.165, 1.54) is 0 Å². The summed E-state index contributed by atoms with van der Waals surface area (Å²) in [5.41, 5.74) is 15.6. The van der Waals surface area contributed by atoms with Crippen molar-refractivity contribution in [3.05, 3.63) is 0 Å². The number of carbonyl (C=O) groups is 2. The normalized spacial score (nSPS) is 20.8. The molecule has 8 heteroatoms. The summed E-state index contributed by atoms with van der Waals surface area (Å²) in [6, 6.07) is -1.40. The summed E-state index contributed by atoms with van der Waals surface area (Å²) >= 11 is 0. The summed E-state index contributed by atoms with van der Waals surface area (Å²) in [4.78, 5) is 20.9. The molecule has 0 bridgehead atoms. The van der Waals surface area contributed by atoms with Crippen molar-refractivity contribution in [2.75, 3.05) is 0 Å². The fourth-order valence-electron chi connectivity index (χ4n) is 1.37. The van der Waals surface area contributed by atoms with Gasteiger partial charge in [0, 0.05) is 17.8 Å². The molecule has 0 aliphatic heterocycles. The smallest absolute Gasteiger partial charge is 0.332 e. The van der Waals surface area contributed by atoms with Crippen molar-refractivity contribution >= 4 is 23.5 Å². The molecule has 1 aliphatic rings. The average Bonchev–Trinajstić information content (AvgIpc) is 2.24. The second-order valence-electron chi connectivity index (χ2n) is 3.34. The van der Waals surface area contributed by atoms with E-state index in [9.17, 15) is 9.59 Å². The lowest BCUT2D eigenvalue weighted by atomic mass is 9.97. The van der Waals surface area contributed by atoms with Crippen molar-refractivity contribution in [3.8, 4) is 0 Å². The first-order chi connectivity index (χ1) is 7.58. The summed E-state index contributed by atoms with van der Waals surface area (Å²) in [5.74, 6) is 0. The molecule has 88 valence electrons. The standard InChI is InChI=1S/C8H14N6O2/c9-7(15)13-11-5-2-1-3-6(4-5)12-14-8(10)16/h1-4H2,(H3,9,13,15)(H3,10,14,16)/b11-5-,12-6-. The Kier molecular flexibility index (Phi) is 4.25. The molecule has 0 radical (unpaired) electrons. The fraction of sp³-hybridized carbons (Fsp3) is 0.500. The number of nitrogens with one attached hydrogen (secondary N) is 2. The SMILES string of the molecule is NC(=O)N/N=C1/CCC/C(=N/NC(N)=O)C1. The van der Waals surface area contributed by atoms with Gasteiger partial charge in [-0.3, -0.25) is 0 Å². The van der Waals surface area contributed by atoms with Crippen LogP contribution in [0.5, 0.6) is 0 Å². The second-order valence-corrected chi connectivity index (χ2v) is 3.34. The molecule has 1 saturated carbocycles. The monoisotopic (exact) mass is 226 g/mol. The number of amides is 4. The van der Waals surface area contributed by atoms with Gasteiger partial charge in [0.1, 0.15) is 0 Å². The van der Waals surface area contributed by atoms with Crippen LogP contribution >= 0.6 is 0 Å². The highest BCUT2D eigenvalue weighted by Crippen LogP contribution is 2.12. The van der Waals surface area contributed by atoms with Gasteiger partial charge in [0.25, 0.3) is 0 Å². The first-order valence-electron chi connectivity index (χ1n) is 4.79. The zero-order valence-electron chi connectivity index (χ0n) is 8.69. The molecule has 0 aromatic rings. The van der Waals surface area contributed by atoms with Crippen LogP contribution in [-0.2, 0) is 0 Å². The number of nitrogens with two attached hydrogens (primary N) is 2. The summed E-state index contributed by atoms with van der Waals surface area (Å²) < 4.78 is 0. The number of hydrazone groups is 2. The highest BCUT2D eigenvalue weighted by atomic mass is 16.2. The molecule has 0 heterocycles. The van der Waals surface area contributed by atoms with Crippen molar-refractivity contribution < 1.29 is 9.59 Å². The number of hydrogen-bond donors (Lipinski definition) is 4. The van der Waals surface area contributed by atoms with Crippen LogP contribution in [0, 0.1) is 0 Å². The van der Waals surface area contributed by atoms with Crippen LogP contribution in [0.1, 0.15) is 25.7 Å². The third kappa shape index (κ3) is 4.40. The Morgan fingerprint density at radius 2 is 1.44 bits per heavy atom. The zero-order valence-corrected chi connectivity index (χ0v) is 8.69. The van der Waals surface area contributed by atoms with Gasteiger partial charge in [-0.15, -0.1) is 0 Å². The number of primary amides is 2. The van der Waals surface area contributed by atoms with Crippen molar-refractivity contribution in [1.82, 2.24) is 10.9 Å². The van der Waals surface area contributed by atoms with Crippen LogP contribution in [0.2, 0.25) is 0 Å². The lowest BCUT2D eigenvalue weighted by Gasteiger charge is -2.14. The molecule has 0 aromatic carbocycles. The predicted octanol–water partition coefficient (Wildman–Crippen LogP) is -0.391. The van der Waals surface area contributed by atoms with Crippen LogP contribution in [0.3, 0.4) is 0 Å². The lowest BCUT2D eigenvalue weighted by Crippen LogP contribution is -2.29. The Labute approximate surface area is 92.1 Å². The molecule has 8 nitrogen and oxygen atoms in total. The average molecular weight is 226 g/mol. The van der Waals surface area contributed by atoms with Gasteiger partial charge in [0.15, 0.2) is 0 Å². The van der Waals surface area contributed by atoms with Crippen LogP contribution in [0.4, 0.5) is 9.59 Å². The van der Waals surface area contributed by atoms with Gasteiger partial charge < -0.3 is 11.5 Å². The number of nitrogens with zero attached hydrogens (tertiary/aromatic N) is 2. The first-order valence-corrected chi connectivity index (χ1v) is 4.79. The highest BCUT2D eigenvalue weighted by molar-refractivity contribution is 6.06. The van der Waals surface area contributed by atoms with Gasteiger partial charge in [-0.05, 0) is 19.3 Å². The summed E-state index contributed by atoms with van der Waals surface area (Å²) in [6.45, 7) is 0. The van der Waals surface area contributed by atoms with Gasteiger partial charge in [-0.1, -0.05) is 0 Å². The summed E-state index contributed by atoms with van der Waals surface area (Å²) in [6.07, 6.45) is 2.91. The Morgan fingerprint density at radius 1 is 1.00 bits per heavy atom. The minimum atomic E-state index is -0.702. The first kappa shape index (κ1) is 12.0. The van der Waals surface area contributed by atoms with E-state index in [0.29, 0.717) is 6.42 Å². The molecule has 1 rings (SSSR count). The molecule has 1 fully saturated rings. The minimum absolute atomic E-state index is 0.501. The van der Waals surface area contributed by atoms with E-state index >= 15 is 0 Å². The molecule has 4 amide bonds. The van der Waals surface area contributed by atoms with Crippen molar-refractivity contribution in [2.24, 2.45) is 21.7 Å². The van der Waals surface area contributed by atoms with Gasteiger partial charge in [-0.25, -0.2) is 20.4 Å². The topological polar surface area (TPSA) is 135 Å². The molecule has 16 heavy (non-hydrogen) atoms. The third-order valence-corrected chi connectivity index (χ3v) is 1.99.